The Morgan fingerprint density at radius 2 is 1.73 bits per heavy atom. The van der Waals surface area contributed by atoms with Crippen LogP contribution in [-0.2, 0) is 18.0 Å². The van der Waals surface area contributed by atoms with E-state index in [1.807, 2.05) is 6.07 Å². The van der Waals surface area contributed by atoms with Crippen LogP contribution in [0.2, 0.25) is 0 Å². The Bertz CT molecular complexity index is 1460. The van der Waals surface area contributed by atoms with E-state index in [0.29, 0.717) is 22.6 Å². The molecule has 1 N–H and O–H groups in total. The van der Waals surface area contributed by atoms with Crippen LogP contribution in [0.5, 0.6) is 11.5 Å². The minimum Gasteiger partial charge on any atom is -0.482 e. The summed E-state index contributed by atoms with van der Waals surface area (Å²) in [6, 6.07) is 18.0. The number of carboxylic acid groups (broad SMARTS) is 1. The number of rotatable bonds is 8. The van der Waals surface area contributed by atoms with E-state index >= 15 is 0 Å². The molecule has 4 rings (SSSR count). The molecule has 11 heteroatoms. The molecular formula is C26H22F3N3O5. The van der Waals surface area contributed by atoms with E-state index in [1.165, 1.54) is 23.7 Å². The average Bonchev–Trinajstić information content (AvgIpc) is 3.16. The summed E-state index contributed by atoms with van der Waals surface area (Å²) in [5.74, 6) is -0.0936. The zero-order valence-corrected chi connectivity index (χ0v) is 19.8. The highest BCUT2D eigenvalue weighted by Crippen LogP contribution is 2.31. The fourth-order valence-corrected chi connectivity index (χ4v) is 3.67. The fraction of sp³-hybridized carbons (Fsp3) is 0.192. The van der Waals surface area contributed by atoms with Gasteiger partial charge in [0.1, 0.15) is 11.5 Å². The van der Waals surface area contributed by atoms with Gasteiger partial charge in [0.2, 0.25) is 0 Å². The van der Waals surface area contributed by atoms with Crippen LogP contribution < -0.4 is 15.2 Å². The standard InChI is InChI=1S/C26H22F3N3O5/c1-16-14-20(12-13-21(16)36-15-22(33)34)37-23(17-6-4-3-5-7-17)24-30-32(25(35)31(24)2)19-10-8-18(9-11-19)26(27,28)29/h3-14,23H,15H2,1-2H3,(H,33,34). The molecule has 0 saturated carbocycles. The fourth-order valence-electron chi connectivity index (χ4n) is 3.67. The second-order valence-electron chi connectivity index (χ2n) is 8.17. The molecule has 0 aliphatic heterocycles. The van der Waals surface area contributed by atoms with Crippen LogP contribution in [0.25, 0.3) is 5.69 Å². The first-order valence-corrected chi connectivity index (χ1v) is 11.0. The van der Waals surface area contributed by atoms with Gasteiger partial charge in [-0.15, -0.1) is 5.10 Å². The van der Waals surface area contributed by atoms with Crippen LogP contribution in [0.15, 0.2) is 77.6 Å². The minimum atomic E-state index is -4.50. The molecule has 192 valence electrons. The lowest BCUT2D eigenvalue weighted by molar-refractivity contribution is -0.139. The summed E-state index contributed by atoms with van der Waals surface area (Å²) in [7, 11) is 1.50. The van der Waals surface area contributed by atoms with Crippen LogP contribution in [0.3, 0.4) is 0 Å². The molecule has 0 saturated heterocycles. The number of ether oxygens (including phenoxy) is 2. The summed E-state index contributed by atoms with van der Waals surface area (Å²) < 4.78 is 52.7. The Morgan fingerprint density at radius 3 is 2.32 bits per heavy atom. The summed E-state index contributed by atoms with van der Waals surface area (Å²) in [4.78, 5) is 23.8. The number of carboxylic acids is 1. The highest BCUT2D eigenvalue weighted by Gasteiger charge is 2.30. The predicted octanol–water partition coefficient (Wildman–Crippen LogP) is 4.53. The molecule has 1 unspecified atom stereocenters. The minimum absolute atomic E-state index is 0.169. The Balaban J connectivity index is 1.71. The molecular weight excluding hydrogens is 491 g/mol. The van der Waals surface area contributed by atoms with Crippen LogP contribution in [0.1, 0.15) is 28.6 Å². The van der Waals surface area contributed by atoms with Gasteiger partial charge in [-0.25, -0.2) is 9.59 Å². The molecule has 1 heterocycles. The maximum Gasteiger partial charge on any atom is 0.416 e. The van der Waals surface area contributed by atoms with Crippen LogP contribution in [0, 0.1) is 6.92 Å². The third kappa shape index (κ3) is 5.66. The number of hydrogen-bond donors (Lipinski definition) is 1. The molecule has 0 spiro atoms. The summed E-state index contributed by atoms with van der Waals surface area (Å²) in [6.45, 7) is 1.24. The molecule has 1 aromatic heterocycles. The second-order valence-corrected chi connectivity index (χ2v) is 8.17. The van der Waals surface area contributed by atoms with Gasteiger partial charge in [0.05, 0.1) is 11.3 Å². The van der Waals surface area contributed by atoms with Gasteiger partial charge in [0, 0.05) is 12.6 Å². The van der Waals surface area contributed by atoms with E-state index in [4.69, 9.17) is 14.6 Å². The lowest BCUT2D eigenvalue weighted by Crippen LogP contribution is -2.23. The van der Waals surface area contributed by atoms with E-state index in [-0.39, 0.29) is 11.5 Å². The summed E-state index contributed by atoms with van der Waals surface area (Å²) in [6.07, 6.45) is -5.35. The average molecular weight is 513 g/mol. The number of carbonyl (C=O) groups is 1. The highest BCUT2D eigenvalue weighted by atomic mass is 19.4. The Hall–Kier alpha value is -4.54. The van der Waals surface area contributed by atoms with E-state index in [1.54, 1.807) is 49.4 Å². The van der Waals surface area contributed by atoms with E-state index < -0.39 is 36.1 Å². The third-order valence-corrected chi connectivity index (χ3v) is 5.54. The van der Waals surface area contributed by atoms with Crippen molar-refractivity contribution in [3.8, 4) is 17.2 Å². The number of aromatic nitrogens is 3. The Morgan fingerprint density at radius 1 is 1.05 bits per heavy atom. The number of hydrogen-bond acceptors (Lipinski definition) is 5. The van der Waals surface area contributed by atoms with Crippen molar-refractivity contribution in [3.05, 3.63) is 106 Å². The first-order chi connectivity index (χ1) is 17.5. The van der Waals surface area contributed by atoms with Crippen molar-refractivity contribution >= 4 is 5.97 Å². The Labute approximate surface area is 209 Å². The van der Waals surface area contributed by atoms with Gasteiger partial charge in [-0.3, -0.25) is 4.57 Å². The Kier molecular flexibility index (Phi) is 7.05. The molecule has 0 amide bonds. The summed E-state index contributed by atoms with van der Waals surface area (Å²) in [5.41, 5.74) is 0.0844. The van der Waals surface area contributed by atoms with Gasteiger partial charge >= 0.3 is 17.8 Å². The highest BCUT2D eigenvalue weighted by molar-refractivity contribution is 5.68. The van der Waals surface area contributed by atoms with Crippen molar-refractivity contribution in [3.63, 3.8) is 0 Å². The summed E-state index contributed by atoms with van der Waals surface area (Å²) >= 11 is 0. The molecule has 0 fully saturated rings. The molecule has 3 aromatic carbocycles. The zero-order chi connectivity index (χ0) is 26.7. The van der Waals surface area contributed by atoms with Gasteiger partial charge < -0.3 is 14.6 Å². The summed E-state index contributed by atoms with van der Waals surface area (Å²) in [5, 5.41) is 13.2. The molecule has 8 nitrogen and oxygen atoms in total. The van der Waals surface area contributed by atoms with E-state index in [2.05, 4.69) is 5.10 Å². The smallest absolute Gasteiger partial charge is 0.416 e. The maximum atomic E-state index is 13.0. The monoisotopic (exact) mass is 513 g/mol. The van der Waals surface area contributed by atoms with Gasteiger partial charge in [-0.2, -0.15) is 17.9 Å². The van der Waals surface area contributed by atoms with Crippen LogP contribution in [0.4, 0.5) is 13.2 Å². The molecule has 0 aliphatic carbocycles. The molecule has 1 atom stereocenters. The number of nitrogens with zero attached hydrogens (tertiary/aromatic N) is 3. The molecule has 37 heavy (non-hydrogen) atoms. The van der Waals surface area contributed by atoms with Crippen molar-refractivity contribution in [2.75, 3.05) is 6.61 Å². The normalized spacial score (nSPS) is 12.2. The van der Waals surface area contributed by atoms with Crippen molar-refractivity contribution in [2.45, 2.75) is 19.2 Å². The number of alkyl halides is 3. The predicted molar refractivity (Wildman–Crippen MR) is 127 cm³/mol. The van der Waals surface area contributed by atoms with Crippen molar-refractivity contribution in [1.82, 2.24) is 14.3 Å². The van der Waals surface area contributed by atoms with Gasteiger partial charge in [-0.05, 0) is 55.0 Å². The van der Waals surface area contributed by atoms with Crippen molar-refractivity contribution in [2.24, 2.45) is 7.05 Å². The molecule has 0 radical (unpaired) electrons. The van der Waals surface area contributed by atoms with Crippen LogP contribution >= 0.6 is 0 Å². The first kappa shape index (κ1) is 25.5. The van der Waals surface area contributed by atoms with Crippen molar-refractivity contribution < 1.29 is 32.5 Å². The lowest BCUT2D eigenvalue weighted by atomic mass is 10.1. The van der Waals surface area contributed by atoms with Gasteiger partial charge in [-0.1, -0.05) is 30.3 Å². The largest absolute Gasteiger partial charge is 0.482 e. The first-order valence-electron chi connectivity index (χ1n) is 11.0. The number of aryl methyl sites for hydroxylation is 1. The SMILES string of the molecule is Cc1cc(OC(c2ccccc2)c2nn(-c3ccc(C(F)(F)F)cc3)c(=O)n2C)ccc1OCC(=O)O. The second kappa shape index (κ2) is 10.2. The zero-order valence-electron chi connectivity index (χ0n) is 19.8. The molecule has 0 bridgehead atoms. The number of halogens is 3. The molecule has 0 aliphatic rings. The van der Waals surface area contributed by atoms with Crippen molar-refractivity contribution in [1.29, 1.82) is 0 Å². The van der Waals surface area contributed by atoms with Gasteiger partial charge in [0.25, 0.3) is 0 Å². The number of aliphatic carboxylic acids is 1. The third-order valence-electron chi connectivity index (χ3n) is 5.54. The van der Waals surface area contributed by atoms with Crippen LogP contribution in [-0.4, -0.2) is 32.0 Å². The number of benzene rings is 3. The van der Waals surface area contributed by atoms with E-state index in [9.17, 15) is 22.8 Å². The topological polar surface area (TPSA) is 95.6 Å². The maximum absolute atomic E-state index is 13.0. The van der Waals surface area contributed by atoms with E-state index in [0.717, 1.165) is 16.8 Å². The lowest BCUT2D eigenvalue weighted by Gasteiger charge is -2.19. The van der Waals surface area contributed by atoms with Gasteiger partial charge in [0.15, 0.2) is 18.5 Å². The quantitative estimate of drug-likeness (QED) is 0.372. The molecule has 4 aromatic rings.